The summed E-state index contributed by atoms with van der Waals surface area (Å²) < 4.78 is 55.9. The number of anilines is 1. The third-order valence-corrected chi connectivity index (χ3v) is 8.69. The highest BCUT2D eigenvalue weighted by atomic mass is 32.2. The van der Waals surface area contributed by atoms with Crippen molar-refractivity contribution in [2.24, 2.45) is 7.05 Å². The number of rotatable bonds is 4. The fourth-order valence-electron chi connectivity index (χ4n) is 3.65. The van der Waals surface area contributed by atoms with Crippen LogP contribution in [0.4, 0.5) is 5.69 Å². The van der Waals surface area contributed by atoms with Gasteiger partial charge in [-0.15, -0.1) is 0 Å². The van der Waals surface area contributed by atoms with E-state index >= 15 is 0 Å². The molecule has 0 radical (unpaired) electrons. The van der Waals surface area contributed by atoms with E-state index < -0.39 is 20.0 Å². The Labute approximate surface area is 159 Å². The van der Waals surface area contributed by atoms with Gasteiger partial charge in [0.2, 0.25) is 10.0 Å². The van der Waals surface area contributed by atoms with Gasteiger partial charge < -0.3 is 4.57 Å². The normalized spacial score (nSPS) is 18.6. The first kappa shape index (κ1) is 18.5. The zero-order valence-electron chi connectivity index (χ0n) is 15.1. The molecule has 146 valence electrons. The first-order valence-electron chi connectivity index (χ1n) is 8.94. The van der Waals surface area contributed by atoms with Gasteiger partial charge in [-0.05, 0) is 43.0 Å². The van der Waals surface area contributed by atoms with Gasteiger partial charge in [-0.25, -0.2) is 13.4 Å². The van der Waals surface area contributed by atoms with Gasteiger partial charge in [-0.1, -0.05) is 6.42 Å². The SMILES string of the molecule is Cn1cnc(S(=O)(=O)N2CCc3cc(S(=O)(=O)N4CCCCC4)ccc32)c1. The lowest BCUT2D eigenvalue weighted by Gasteiger charge is -2.26. The largest absolute Gasteiger partial charge is 0.339 e. The van der Waals surface area contributed by atoms with Gasteiger partial charge in [0, 0.05) is 32.9 Å². The minimum Gasteiger partial charge on any atom is -0.339 e. The molecule has 8 nitrogen and oxygen atoms in total. The average Bonchev–Trinajstić information content (AvgIpc) is 3.28. The number of fused-ring (bicyclic) bond motifs is 1. The zero-order valence-corrected chi connectivity index (χ0v) is 16.7. The number of benzene rings is 1. The number of hydrogen-bond acceptors (Lipinski definition) is 5. The van der Waals surface area contributed by atoms with Crippen molar-refractivity contribution < 1.29 is 16.8 Å². The Morgan fingerprint density at radius 2 is 1.70 bits per heavy atom. The van der Waals surface area contributed by atoms with Gasteiger partial charge in [-0.3, -0.25) is 4.31 Å². The van der Waals surface area contributed by atoms with Crippen LogP contribution in [0.25, 0.3) is 0 Å². The van der Waals surface area contributed by atoms with E-state index in [0.717, 1.165) is 24.8 Å². The molecule has 27 heavy (non-hydrogen) atoms. The topological polar surface area (TPSA) is 92.6 Å². The predicted octanol–water partition coefficient (Wildman–Crippen LogP) is 1.35. The van der Waals surface area contributed by atoms with Gasteiger partial charge in [0.15, 0.2) is 5.03 Å². The van der Waals surface area contributed by atoms with Crippen LogP contribution in [-0.4, -0.2) is 50.3 Å². The molecule has 0 amide bonds. The minimum absolute atomic E-state index is 0.0112. The number of sulfonamides is 2. The fraction of sp³-hybridized carbons (Fsp3) is 0.471. The second-order valence-electron chi connectivity index (χ2n) is 6.96. The van der Waals surface area contributed by atoms with E-state index in [1.165, 1.54) is 27.2 Å². The Balaban J connectivity index is 1.67. The van der Waals surface area contributed by atoms with E-state index in [1.54, 1.807) is 23.7 Å². The van der Waals surface area contributed by atoms with Crippen molar-refractivity contribution in [2.45, 2.75) is 35.6 Å². The summed E-state index contributed by atoms with van der Waals surface area (Å²) in [6.07, 6.45) is 6.18. The maximum Gasteiger partial charge on any atom is 0.283 e. The molecule has 0 aliphatic carbocycles. The Bertz CT molecular complexity index is 1070. The molecule has 1 fully saturated rings. The van der Waals surface area contributed by atoms with Crippen molar-refractivity contribution in [2.75, 3.05) is 23.9 Å². The first-order valence-corrected chi connectivity index (χ1v) is 11.8. The van der Waals surface area contributed by atoms with Crippen molar-refractivity contribution in [3.63, 3.8) is 0 Å². The Morgan fingerprint density at radius 1 is 0.963 bits per heavy atom. The maximum atomic E-state index is 12.9. The highest BCUT2D eigenvalue weighted by Crippen LogP contribution is 2.35. The Kier molecular flexibility index (Phi) is 4.52. The Morgan fingerprint density at radius 3 is 2.37 bits per heavy atom. The average molecular weight is 411 g/mol. The van der Waals surface area contributed by atoms with Crippen molar-refractivity contribution >= 4 is 25.7 Å². The molecule has 4 rings (SSSR count). The molecule has 3 heterocycles. The lowest BCUT2D eigenvalue weighted by Crippen LogP contribution is -2.35. The highest BCUT2D eigenvalue weighted by Gasteiger charge is 2.34. The van der Waals surface area contributed by atoms with Gasteiger partial charge in [-0.2, -0.15) is 12.7 Å². The summed E-state index contributed by atoms with van der Waals surface area (Å²) >= 11 is 0. The third kappa shape index (κ3) is 3.15. The van der Waals surface area contributed by atoms with E-state index in [-0.39, 0.29) is 16.5 Å². The van der Waals surface area contributed by atoms with E-state index in [2.05, 4.69) is 4.98 Å². The highest BCUT2D eigenvalue weighted by molar-refractivity contribution is 7.92. The van der Waals surface area contributed by atoms with Crippen LogP contribution in [0.15, 0.2) is 40.6 Å². The van der Waals surface area contributed by atoms with Crippen LogP contribution in [0.1, 0.15) is 24.8 Å². The summed E-state index contributed by atoms with van der Waals surface area (Å²) in [7, 11) is -5.58. The number of imidazole rings is 1. The molecular formula is C17H22N4O4S2. The predicted molar refractivity (Wildman–Crippen MR) is 100 cm³/mol. The molecule has 0 unspecified atom stereocenters. The molecule has 1 aromatic heterocycles. The summed E-state index contributed by atoms with van der Waals surface area (Å²) in [6, 6.07) is 4.72. The molecule has 0 saturated carbocycles. The van der Waals surface area contributed by atoms with Gasteiger partial charge in [0.25, 0.3) is 10.0 Å². The molecule has 0 spiro atoms. The third-order valence-electron chi connectivity index (χ3n) is 5.09. The van der Waals surface area contributed by atoms with Crippen LogP contribution < -0.4 is 4.31 Å². The molecule has 10 heteroatoms. The number of piperidine rings is 1. The first-order chi connectivity index (χ1) is 12.8. The zero-order chi connectivity index (χ0) is 19.2. The quantitative estimate of drug-likeness (QED) is 0.759. The van der Waals surface area contributed by atoms with Crippen LogP contribution >= 0.6 is 0 Å². The van der Waals surface area contributed by atoms with Gasteiger partial charge >= 0.3 is 0 Å². The molecule has 0 atom stereocenters. The van der Waals surface area contributed by atoms with Crippen molar-refractivity contribution in [3.05, 3.63) is 36.3 Å². The molecule has 2 aliphatic heterocycles. The summed E-state index contributed by atoms with van der Waals surface area (Å²) in [5, 5.41) is -0.0112. The Hall–Kier alpha value is -1.91. The number of nitrogens with zero attached hydrogens (tertiary/aromatic N) is 4. The molecule has 1 aromatic carbocycles. The monoisotopic (exact) mass is 410 g/mol. The molecule has 1 saturated heterocycles. The lowest BCUT2D eigenvalue weighted by molar-refractivity contribution is 0.346. The molecule has 0 N–H and O–H groups in total. The maximum absolute atomic E-state index is 12.9. The lowest BCUT2D eigenvalue weighted by atomic mass is 10.2. The fourth-order valence-corrected chi connectivity index (χ4v) is 6.69. The van der Waals surface area contributed by atoms with E-state index in [1.807, 2.05) is 0 Å². The van der Waals surface area contributed by atoms with Crippen LogP contribution in [0.3, 0.4) is 0 Å². The van der Waals surface area contributed by atoms with E-state index in [4.69, 9.17) is 0 Å². The van der Waals surface area contributed by atoms with Crippen molar-refractivity contribution in [1.82, 2.24) is 13.9 Å². The molecular weight excluding hydrogens is 388 g/mol. The summed E-state index contributed by atoms with van der Waals surface area (Å²) in [5.74, 6) is 0. The van der Waals surface area contributed by atoms with Crippen molar-refractivity contribution in [3.8, 4) is 0 Å². The number of aromatic nitrogens is 2. The second-order valence-corrected chi connectivity index (χ2v) is 10.7. The summed E-state index contributed by atoms with van der Waals surface area (Å²) in [6.45, 7) is 1.36. The number of aryl methyl sites for hydroxylation is 1. The smallest absolute Gasteiger partial charge is 0.283 e. The standard InChI is InChI=1S/C17H22N4O4S2/c1-19-12-17(18-13-19)27(24,25)21-10-7-14-11-15(5-6-16(14)21)26(22,23)20-8-3-2-4-9-20/h5-6,11-13H,2-4,7-10H2,1H3. The number of hydrogen-bond donors (Lipinski definition) is 0. The second kappa shape index (κ2) is 6.61. The van der Waals surface area contributed by atoms with Gasteiger partial charge in [0.05, 0.1) is 16.9 Å². The van der Waals surface area contributed by atoms with Crippen molar-refractivity contribution in [1.29, 1.82) is 0 Å². The molecule has 2 aromatic rings. The van der Waals surface area contributed by atoms with E-state index in [0.29, 0.717) is 25.2 Å². The van der Waals surface area contributed by atoms with E-state index in [9.17, 15) is 16.8 Å². The van der Waals surface area contributed by atoms with Crippen LogP contribution in [0, 0.1) is 0 Å². The van der Waals surface area contributed by atoms with Crippen LogP contribution in [0.5, 0.6) is 0 Å². The van der Waals surface area contributed by atoms with Crippen LogP contribution in [-0.2, 0) is 33.5 Å². The van der Waals surface area contributed by atoms with Gasteiger partial charge in [0.1, 0.15) is 0 Å². The minimum atomic E-state index is -3.76. The summed E-state index contributed by atoms with van der Waals surface area (Å²) in [4.78, 5) is 4.19. The summed E-state index contributed by atoms with van der Waals surface area (Å²) in [5.41, 5.74) is 1.26. The molecule has 0 bridgehead atoms. The van der Waals surface area contributed by atoms with Crippen LogP contribution in [0.2, 0.25) is 0 Å². The molecule has 2 aliphatic rings.